The molecule has 1 N–H and O–H groups in total. The highest BCUT2D eigenvalue weighted by molar-refractivity contribution is 5.94. The molecule has 0 spiro atoms. The maximum Gasteiger partial charge on any atom is 0.252 e. The van der Waals surface area contributed by atoms with E-state index in [-0.39, 0.29) is 11.7 Å². The largest absolute Gasteiger partial charge is 0.368 e. The molecule has 5 nitrogen and oxygen atoms in total. The van der Waals surface area contributed by atoms with E-state index in [0.29, 0.717) is 18.0 Å². The van der Waals surface area contributed by atoms with Gasteiger partial charge in [0.15, 0.2) is 0 Å². The fraction of sp³-hybridized carbons (Fsp3) is 0.400. The van der Waals surface area contributed by atoms with E-state index >= 15 is 0 Å². The molecule has 1 aliphatic heterocycles. The highest BCUT2D eigenvalue weighted by Gasteiger charge is 2.19. The molecule has 1 aliphatic rings. The number of halogens is 1. The highest BCUT2D eigenvalue weighted by Crippen LogP contribution is 2.21. The van der Waals surface area contributed by atoms with E-state index < -0.39 is 0 Å². The molecule has 26 heavy (non-hydrogen) atoms. The number of anilines is 2. The number of piperazine rings is 1. The van der Waals surface area contributed by atoms with Crippen LogP contribution in [0.25, 0.3) is 0 Å². The molecule has 6 heteroatoms. The molecule has 0 aliphatic carbocycles. The lowest BCUT2D eigenvalue weighted by Gasteiger charge is -2.37. The first-order chi connectivity index (χ1) is 12.5. The average Bonchev–Trinajstić information content (AvgIpc) is 2.67. The molecule has 0 bridgehead atoms. The number of nitrogens with one attached hydrogen (secondary N) is 1. The van der Waals surface area contributed by atoms with Gasteiger partial charge >= 0.3 is 0 Å². The molecule has 0 saturated carbocycles. The smallest absolute Gasteiger partial charge is 0.252 e. The summed E-state index contributed by atoms with van der Waals surface area (Å²) >= 11 is 0. The van der Waals surface area contributed by atoms with Gasteiger partial charge < -0.3 is 15.1 Å². The number of amides is 1. The first-order valence-electron chi connectivity index (χ1n) is 9.01. The Kier molecular flexibility index (Phi) is 5.71. The van der Waals surface area contributed by atoms with Crippen LogP contribution in [0.2, 0.25) is 0 Å². The van der Waals surface area contributed by atoms with Gasteiger partial charge in [-0.15, -0.1) is 0 Å². The van der Waals surface area contributed by atoms with Gasteiger partial charge in [0.1, 0.15) is 5.82 Å². The van der Waals surface area contributed by atoms with Gasteiger partial charge in [0.2, 0.25) is 0 Å². The van der Waals surface area contributed by atoms with Crippen molar-refractivity contribution in [1.29, 1.82) is 0 Å². The lowest BCUT2D eigenvalue weighted by atomic mass is 10.2. The summed E-state index contributed by atoms with van der Waals surface area (Å²) < 4.78 is 13.1. The first-order valence-corrected chi connectivity index (χ1v) is 9.01. The number of nitrogens with zero attached hydrogens (tertiary/aromatic N) is 3. The number of aromatic nitrogens is 1. The van der Waals surface area contributed by atoms with Crippen molar-refractivity contribution < 1.29 is 9.18 Å². The van der Waals surface area contributed by atoms with Crippen LogP contribution < -0.4 is 15.1 Å². The van der Waals surface area contributed by atoms with Crippen LogP contribution in [0.4, 0.5) is 15.8 Å². The third-order valence-electron chi connectivity index (χ3n) is 4.49. The zero-order valence-corrected chi connectivity index (χ0v) is 15.3. The molecule has 1 aromatic carbocycles. The van der Waals surface area contributed by atoms with E-state index in [2.05, 4.69) is 33.9 Å². The molecule has 0 atom stereocenters. The number of benzene rings is 1. The monoisotopic (exact) mass is 356 g/mol. The minimum Gasteiger partial charge on any atom is -0.368 e. The zero-order chi connectivity index (χ0) is 18.5. The summed E-state index contributed by atoms with van der Waals surface area (Å²) in [6.45, 7) is 8.13. The molecule has 2 aromatic rings. The van der Waals surface area contributed by atoms with Crippen LogP contribution in [0.1, 0.15) is 24.2 Å². The second-order valence-electron chi connectivity index (χ2n) is 6.99. The molecule has 1 saturated heterocycles. The fourth-order valence-electron chi connectivity index (χ4n) is 3.00. The normalized spacial score (nSPS) is 14.6. The Hall–Kier alpha value is -2.63. The number of hydrogen-bond acceptors (Lipinski definition) is 4. The summed E-state index contributed by atoms with van der Waals surface area (Å²) in [5, 5.41) is 2.93. The number of carbonyl (C=O) groups excluding carboxylic acids is 1. The lowest BCUT2D eigenvalue weighted by molar-refractivity contribution is 0.0948. The topological polar surface area (TPSA) is 48.5 Å². The molecule has 1 aromatic heterocycles. The molecule has 0 unspecified atom stereocenters. The first kappa shape index (κ1) is 18.2. The van der Waals surface area contributed by atoms with Crippen molar-refractivity contribution in [2.24, 2.45) is 5.92 Å². The van der Waals surface area contributed by atoms with Gasteiger partial charge in [0.05, 0.1) is 17.4 Å². The Balaban J connectivity index is 1.61. The van der Waals surface area contributed by atoms with Crippen LogP contribution in [-0.4, -0.2) is 43.6 Å². The average molecular weight is 356 g/mol. The fourth-order valence-corrected chi connectivity index (χ4v) is 3.00. The minimum atomic E-state index is -0.217. The Morgan fingerprint density at radius 3 is 2.31 bits per heavy atom. The predicted octanol–water partition coefficient (Wildman–Crippen LogP) is 2.93. The molecule has 138 valence electrons. The second-order valence-corrected chi connectivity index (χ2v) is 6.99. The summed E-state index contributed by atoms with van der Waals surface area (Å²) in [6, 6.07) is 8.50. The van der Waals surface area contributed by atoms with Gasteiger partial charge in [0.25, 0.3) is 5.91 Å². The molecular formula is C20H25FN4O. The Labute approximate surface area is 153 Å². The van der Waals surface area contributed by atoms with Crippen molar-refractivity contribution >= 4 is 17.3 Å². The molecule has 1 fully saturated rings. The van der Waals surface area contributed by atoms with Crippen molar-refractivity contribution in [3.05, 3.63) is 54.1 Å². The summed E-state index contributed by atoms with van der Waals surface area (Å²) in [5.41, 5.74) is 2.58. The van der Waals surface area contributed by atoms with Gasteiger partial charge in [0, 0.05) is 44.6 Å². The number of hydrogen-bond donors (Lipinski definition) is 1. The van der Waals surface area contributed by atoms with Gasteiger partial charge in [-0.2, -0.15) is 0 Å². The van der Waals surface area contributed by atoms with Gasteiger partial charge in [-0.05, 0) is 36.2 Å². The van der Waals surface area contributed by atoms with Crippen LogP contribution in [0, 0.1) is 11.7 Å². The van der Waals surface area contributed by atoms with E-state index in [4.69, 9.17) is 0 Å². The maximum atomic E-state index is 13.1. The van der Waals surface area contributed by atoms with Crippen molar-refractivity contribution in [2.75, 3.05) is 42.5 Å². The SMILES string of the molecule is CC(C)CNC(=O)c1cncc(N2CCN(c3ccc(F)cc3)CC2)c1. The standard InChI is InChI=1S/C20H25FN4O/c1-15(2)12-23-20(26)16-11-19(14-22-13-16)25-9-7-24(8-10-25)18-5-3-17(21)4-6-18/h3-6,11,13-15H,7-10,12H2,1-2H3,(H,23,26). The summed E-state index contributed by atoms with van der Waals surface area (Å²) in [5.74, 6) is 0.110. The zero-order valence-electron chi connectivity index (χ0n) is 15.3. The predicted molar refractivity (Wildman–Crippen MR) is 102 cm³/mol. The molecule has 3 rings (SSSR count). The van der Waals surface area contributed by atoms with E-state index in [0.717, 1.165) is 37.6 Å². The molecular weight excluding hydrogens is 331 g/mol. The highest BCUT2D eigenvalue weighted by atomic mass is 19.1. The van der Waals surface area contributed by atoms with Gasteiger partial charge in [-0.1, -0.05) is 13.8 Å². The Bertz CT molecular complexity index is 740. The van der Waals surface area contributed by atoms with Gasteiger partial charge in [-0.3, -0.25) is 9.78 Å². The maximum absolute atomic E-state index is 13.1. The lowest BCUT2D eigenvalue weighted by Crippen LogP contribution is -2.46. The summed E-state index contributed by atoms with van der Waals surface area (Å²) in [7, 11) is 0. The van der Waals surface area contributed by atoms with Crippen molar-refractivity contribution in [3.8, 4) is 0 Å². The quantitative estimate of drug-likeness (QED) is 0.895. The van der Waals surface area contributed by atoms with E-state index in [9.17, 15) is 9.18 Å². The summed E-state index contributed by atoms with van der Waals surface area (Å²) in [4.78, 5) is 20.9. The van der Waals surface area contributed by atoms with Crippen LogP contribution in [-0.2, 0) is 0 Å². The van der Waals surface area contributed by atoms with Crippen molar-refractivity contribution in [2.45, 2.75) is 13.8 Å². The molecule has 0 radical (unpaired) electrons. The molecule has 1 amide bonds. The third kappa shape index (κ3) is 4.50. The van der Waals surface area contributed by atoms with E-state index in [1.165, 1.54) is 12.1 Å². The number of rotatable bonds is 5. The van der Waals surface area contributed by atoms with Crippen LogP contribution in [0.3, 0.4) is 0 Å². The molecule has 2 heterocycles. The van der Waals surface area contributed by atoms with E-state index in [1.54, 1.807) is 12.4 Å². The summed E-state index contributed by atoms with van der Waals surface area (Å²) in [6.07, 6.45) is 3.40. The number of carbonyl (C=O) groups is 1. The van der Waals surface area contributed by atoms with Crippen molar-refractivity contribution in [1.82, 2.24) is 10.3 Å². The minimum absolute atomic E-state index is 0.0852. The van der Waals surface area contributed by atoms with E-state index in [1.807, 2.05) is 18.2 Å². The van der Waals surface area contributed by atoms with Crippen LogP contribution >= 0.6 is 0 Å². The third-order valence-corrected chi connectivity index (χ3v) is 4.49. The van der Waals surface area contributed by atoms with Crippen molar-refractivity contribution in [3.63, 3.8) is 0 Å². The second kappa shape index (κ2) is 8.17. The number of pyridine rings is 1. The van der Waals surface area contributed by atoms with Crippen LogP contribution in [0.15, 0.2) is 42.7 Å². The Morgan fingerprint density at radius 2 is 1.69 bits per heavy atom. The van der Waals surface area contributed by atoms with Crippen LogP contribution in [0.5, 0.6) is 0 Å². The Morgan fingerprint density at radius 1 is 1.08 bits per heavy atom. The van der Waals surface area contributed by atoms with Gasteiger partial charge in [-0.25, -0.2) is 4.39 Å².